The predicted molar refractivity (Wildman–Crippen MR) is 157 cm³/mol. The molecule has 0 radical (unpaired) electrons. The largest absolute Gasteiger partial charge is 0.340 e. The molecular weight excluding hydrogens is 492 g/mol. The summed E-state index contributed by atoms with van der Waals surface area (Å²) in [4.78, 5) is 34.8. The molecule has 200 valence electrons. The van der Waals surface area contributed by atoms with Gasteiger partial charge in [-0.25, -0.2) is 4.98 Å². The number of thioether (sulfide) groups is 1. The lowest BCUT2D eigenvalue weighted by atomic mass is 10.1. The molecule has 0 bridgehead atoms. The molecule has 0 aliphatic carbocycles. The molecule has 1 amide bonds. The molecule has 2 aromatic carbocycles. The molecule has 4 rings (SSSR count). The van der Waals surface area contributed by atoms with Crippen LogP contribution >= 0.6 is 11.8 Å². The molecule has 1 saturated heterocycles. The number of hydrogen-bond donors (Lipinski definition) is 0. The Hall–Kier alpha value is -3.16. The molecule has 0 N–H and O–H groups in total. The second-order valence-corrected chi connectivity index (χ2v) is 10.8. The second kappa shape index (κ2) is 14.1. The standard InChI is InChI=1S/C31H38N4O2S/c1-25-28(24-27-14-7-4-8-15-27)30(37)33(2)31(32-25)38-23-10-9-17-29(36)35-21-19-34(20-22-35)18-11-16-26-12-5-3-6-13-26/h3-8,11-16H,9-10,17-24H2,1-2H3/b16-11+. The predicted octanol–water partition coefficient (Wildman–Crippen LogP) is 4.80. The topological polar surface area (TPSA) is 58.4 Å². The second-order valence-electron chi connectivity index (χ2n) is 9.78. The zero-order valence-electron chi connectivity index (χ0n) is 22.5. The van der Waals surface area contributed by atoms with Crippen LogP contribution in [-0.4, -0.2) is 63.7 Å². The van der Waals surface area contributed by atoms with Gasteiger partial charge in [0.25, 0.3) is 5.56 Å². The van der Waals surface area contributed by atoms with Crippen LogP contribution in [0.2, 0.25) is 0 Å². The van der Waals surface area contributed by atoms with E-state index in [9.17, 15) is 9.59 Å². The average molecular weight is 531 g/mol. The van der Waals surface area contributed by atoms with Gasteiger partial charge in [0.15, 0.2) is 5.16 Å². The van der Waals surface area contributed by atoms with E-state index in [2.05, 4.69) is 29.2 Å². The van der Waals surface area contributed by atoms with Crippen molar-refractivity contribution in [2.75, 3.05) is 38.5 Å². The summed E-state index contributed by atoms with van der Waals surface area (Å²) in [5.41, 5.74) is 3.90. The minimum atomic E-state index is 0.0220. The fourth-order valence-electron chi connectivity index (χ4n) is 4.64. The molecule has 7 heteroatoms. The maximum absolute atomic E-state index is 13.0. The van der Waals surface area contributed by atoms with Gasteiger partial charge in [-0.3, -0.25) is 19.1 Å². The number of aromatic nitrogens is 2. The van der Waals surface area contributed by atoms with Crippen molar-refractivity contribution in [3.05, 3.63) is 99.5 Å². The molecule has 0 saturated carbocycles. The van der Waals surface area contributed by atoms with E-state index in [4.69, 9.17) is 4.98 Å². The summed E-state index contributed by atoms with van der Waals surface area (Å²) in [6.07, 6.45) is 7.30. The summed E-state index contributed by atoms with van der Waals surface area (Å²) >= 11 is 1.60. The van der Waals surface area contributed by atoms with E-state index in [1.54, 1.807) is 23.4 Å². The Morgan fingerprint density at radius 3 is 2.37 bits per heavy atom. The van der Waals surface area contributed by atoms with Crippen LogP contribution in [-0.2, 0) is 18.3 Å². The van der Waals surface area contributed by atoms with Gasteiger partial charge >= 0.3 is 0 Å². The maximum atomic E-state index is 13.0. The summed E-state index contributed by atoms with van der Waals surface area (Å²) in [6.45, 7) is 6.26. The van der Waals surface area contributed by atoms with Gasteiger partial charge in [0.05, 0.1) is 0 Å². The van der Waals surface area contributed by atoms with E-state index in [-0.39, 0.29) is 11.5 Å². The van der Waals surface area contributed by atoms with E-state index in [0.717, 1.165) is 73.3 Å². The highest BCUT2D eigenvalue weighted by atomic mass is 32.2. The van der Waals surface area contributed by atoms with Gasteiger partial charge in [-0.15, -0.1) is 0 Å². The Morgan fingerprint density at radius 1 is 0.974 bits per heavy atom. The maximum Gasteiger partial charge on any atom is 0.257 e. The van der Waals surface area contributed by atoms with E-state index in [1.165, 1.54) is 5.56 Å². The van der Waals surface area contributed by atoms with Crippen molar-refractivity contribution in [1.82, 2.24) is 19.4 Å². The molecule has 6 nitrogen and oxygen atoms in total. The number of aryl methyl sites for hydroxylation is 1. The van der Waals surface area contributed by atoms with Crippen molar-refractivity contribution >= 4 is 23.7 Å². The molecule has 1 aliphatic rings. The minimum absolute atomic E-state index is 0.0220. The van der Waals surface area contributed by atoms with E-state index < -0.39 is 0 Å². The first-order chi connectivity index (χ1) is 18.5. The lowest BCUT2D eigenvalue weighted by molar-refractivity contribution is -0.132. The third-order valence-electron chi connectivity index (χ3n) is 6.99. The molecule has 0 spiro atoms. The van der Waals surface area contributed by atoms with Crippen LogP contribution < -0.4 is 5.56 Å². The highest BCUT2D eigenvalue weighted by molar-refractivity contribution is 7.99. The Bertz CT molecular complexity index is 1270. The van der Waals surface area contributed by atoms with Crippen molar-refractivity contribution in [2.24, 2.45) is 7.05 Å². The van der Waals surface area contributed by atoms with Gasteiger partial charge in [0.1, 0.15) is 0 Å². The Balaban J connectivity index is 1.15. The monoisotopic (exact) mass is 530 g/mol. The molecule has 0 atom stereocenters. The number of unbranched alkanes of at least 4 members (excludes halogenated alkanes) is 1. The number of hydrogen-bond acceptors (Lipinski definition) is 5. The third-order valence-corrected chi connectivity index (χ3v) is 8.10. The van der Waals surface area contributed by atoms with Gasteiger partial charge in [-0.2, -0.15) is 0 Å². The zero-order chi connectivity index (χ0) is 26.7. The zero-order valence-corrected chi connectivity index (χ0v) is 23.3. The molecule has 3 aromatic rings. The Kier molecular flexibility index (Phi) is 10.4. The number of amides is 1. The van der Waals surface area contributed by atoms with Crippen molar-refractivity contribution in [2.45, 2.75) is 37.8 Å². The first kappa shape index (κ1) is 27.9. The number of carbonyl (C=O) groups excluding carboxylic acids is 1. The fraction of sp³-hybridized carbons (Fsp3) is 0.387. The normalized spacial score (nSPS) is 14.3. The molecular formula is C31H38N4O2S. The highest BCUT2D eigenvalue weighted by Gasteiger charge is 2.20. The summed E-state index contributed by atoms with van der Waals surface area (Å²) in [5, 5.41) is 0.744. The van der Waals surface area contributed by atoms with Crippen LogP contribution in [0.25, 0.3) is 6.08 Å². The van der Waals surface area contributed by atoms with E-state index in [0.29, 0.717) is 12.8 Å². The lowest BCUT2D eigenvalue weighted by Crippen LogP contribution is -2.48. The Morgan fingerprint density at radius 2 is 1.66 bits per heavy atom. The molecule has 1 fully saturated rings. The average Bonchev–Trinajstić information content (AvgIpc) is 2.95. The molecule has 1 aliphatic heterocycles. The van der Waals surface area contributed by atoms with Gasteiger partial charge in [0, 0.05) is 69.6 Å². The van der Waals surface area contributed by atoms with Crippen molar-refractivity contribution in [3.63, 3.8) is 0 Å². The Labute approximate surface area is 230 Å². The smallest absolute Gasteiger partial charge is 0.257 e. The van der Waals surface area contributed by atoms with Crippen LogP contribution in [0.4, 0.5) is 0 Å². The molecule has 1 aromatic heterocycles. The van der Waals surface area contributed by atoms with Gasteiger partial charge in [-0.05, 0) is 30.9 Å². The van der Waals surface area contributed by atoms with Gasteiger partial charge < -0.3 is 4.90 Å². The molecule has 38 heavy (non-hydrogen) atoms. The van der Waals surface area contributed by atoms with Crippen LogP contribution in [0.15, 0.2) is 76.7 Å². The summed E-state index contributed by atoms with van der Waals surface area (Å²) in [7, 11) is 1.80. The van der Waals surface area contributed by atoms with Crippen LogP contribution in [0.5, 0.6) is 0 Å². The van der Waals surface area contributed by atoms with E-state index >= 15 is 0 Å². The van der Waals surface area contributed by atoms with Crippen molar-refractivity contribution in [3.8, 4) is 0 Å². The quantitative estimate of drug-likeness (QED) is 0.203. The first-order valence-corrected chi connectivity index (χ1v) is 14.4. The number of nitrogens with zero attached hydrogens (tertiary/aromatic N) is 4. The fourth-order valence-corrected chi connectivity index (χ4v) is 5.65. The number of benzene rings is 2. The van der Waals surface area contributed by atoms with Crippen LogP contribution in [0.1, 0.15) is 41.6 Å². The SMILES string of the molecule is Cc1nc(SCCCCC(=O)N2CCN(C/C=C/c3ccccc3)CC2)n(C)c(=O)c1Cc1ccccc1. The molecule has 0 unspecified atom stereocenters. The van der Waals surface area contributed by atoms with E-state index in [1.807, 2.05) is 60.4 Å². The summed E-state index contributed by atoms with van der Waals surface area (Å²) < 4.78 is 1.66. The number of rotatable bonds is 11. The highest BCUT2D eigenvalue weighted by Crippen LogP contribution is 2.19. The van der Waals surface area contributed by atoms with Crippen LogP contribution in [0.3, 0.4) is 0 Å². The first-order valence-electron chi connectivity index (χ1n) is 13.5. The van der Waals surface area contributed by atoms with Crippen molar-refractivity contribution in [1.29, 1.82) is 0 Å². The van der Waals surface area contributed by atoms with Crippen LogP contribution in [0, 0.1) is 6.92 Å². The third kappa shape index (κ3) is 7.92. The lowest BCUT2D eigenvalue weighted by Gasteiger charge is -2.34. The van der Waals surface area contributed by atoms with Gasteiger partial charge in [0.2, 0.25) is 5.91 Å². The summed E-state index contributed by atoms with van der Waals surface area (Å²) in [6, 6.07) is 20.4. The minimum Gasteiger partial charge on any atom is -0.340 e. The van der Waals surface area contributed by atoms with Crippen molar-refractivity contribution < 1.29 is 4.79 Å². The number of piperazine rings is 1. The summed E-state index contributed by atoms with van der Waals surface area (Å²) in [5.74, 6) is 1.09. The number of carbonyl (C=O) groups is 1. The van der Waals surface area contributed by atoms with Gasteiger partial charge in [-0.1, -0.05) is 84.6 Å². The molecule has 2 heterocycles.